The molecule has 6 nitrogen and oxygen atoms in total. The van der Waals surface area contributed by atoms with E-state index in [1.54, 1.807) is 6.26 Å². The number of furan rings is 1. The molecule has 148 valence electrons. The maximum Gasteiger partial charge on any atom is 0.240 e. The van der Waals surface area contributed by atoms with E-state index in [0.29, 0.717) is 12.6 Å². The first-order valence-electron chi connectivity index (χ1n) is 9.19. The molecule has 1 amide bonds. The fourth-order valence-electron chi connectivity index (χ4n) is 3.00. The van der Waals surface area contributed by atoms with Crippen LogP contribution in [0.25, 0.3) is 0 Å². The van der Waals surface area contributed by atoms with Gasteiger partial charge in [0, 0.05) is 31.6 Å². The predicted molar refractivity (Wildman–Crippen MR) is 116 cm³/mol. The predicted octanol–water partition coefficient (Wildman–Crippen LogP) is 3.17. The van der Waals surface area contributed by atoms with Crippen molar-refractivity contribution in [1.82, 2.24) is 15.5 Å². The van der Waals surface area contributed by atoms with E-state index >= 15 is 0 Å². The molecule has 1 aromatic heterocycles. The second kappa shape index (κ2) is 10.8. The molecule has 1 aliphatic carbocycles. The van der Waals surface area contributed by atoms with Crippen molar-refractivity contribution in [2.75, 3.05) is 20.1 Å². The molecule has 2 rings (SSSR count). The van der Waals surface area contributed by atoms with Crippen LogP contribution in [0.15, 0.2) is 27.8 Å². The molecule has 0 atom stereocenters. The largest absolute Gasteiger partial charge is 0.469 e. The first kappa shape index (κ1) is 22.8. The summed E-state index contributed by atoms with van der Waals surface area (Å²) in [5, 5.41) is 6.53. The Bertz CT molecular complexity index is 561. The number of nitrogens with one attached hydrogen (secondary N) is 2. The average molecular weight is 476 g/mol. The number of carbonyl (C=O) groups excluding carboxylic acids is 1. The van der Waals surface area contributed by atoms with E-state index in [4.69, 9.17) is 9.41 Å². The van der Waals surface area contributed by atoms with Crippen molar-refractivity contribution in [3.63, 3.8) is 0 Å². The van der Waals surface area contributed by atoms with Crippen molar-refractivity contribution in [2.45, 2.75) is 64.5 Å². The van der Waals surface area contributed by atoms with Gasteiger partial charge in [0.15, 0.2) is 5.96 Å². The quantitative estimate of drug-likeness (QED) is 0.376. The molecule has 1 fully saturated rings. The van der Waals surface area contributed by atoms with Crippen molar-refractivity contribution in [1.29, 1.82) is 0 Å². The Morgan fingerprint density at radius 3 is 2.62 bits per heavy atom. The van der Waals surface area contributed by atoms with Gasteiger partial charge in [0.1, 0.15) is 5.76 Å². The molecule has 0 aromatic carbocycles. The summed E-state index contributed by atoms with van der Waals surface area (Å²) in [4.78, 5) is 18.8. The Balaban J connectivity index is 0.00000338. The summed E-state index contributed by atoms with van der Waals surface area (Å²) in [6.07, 6.45) is 7.28. The number of likely N-dealkylation sites (N-methyl/N-ethyl adjacent to an activating group) is 1. The van der Waals surface area contributed by atoms with Crippen molar-refractivity contribution in [3.8, 4) is 0 Å². The van der Waals surface area contributed by atoms with Gasteiger partial charge < -0.3 is 20.0 Å². The number of carbonyl (C=O) groups is 1. The lowest BCUT2D eigenvalue weighted by Gasteiger charge is -2.27. The maximum absolute atomic E-state index is 12.2. The van der Waals surface area contributed by atoms with Gasteiger partial charge in [-0.25, -0.2) is 0 Å². The number of amides is 1. The Hall–Kier alpha value is -1.25. The van der Waals surface area contributed by atoms with Crippen molar-refractivity contribution >= 4 is 35.8 Å². The summed E-state index contributed by atoms with van der Waals surface area (Å²) < 4.78 is 5.36. The fraction of sp³-hybridized carbons (Fsp3) is 0.684. The van der Waals surface area contributed by atoms with Crippen molar-refractivity contribution < 1.29 is 9.21 Å². The van der Waals surface area contributed by atoms with E-state index in [0.717, 1.165) is 18.1 Å². The number of halogens is 1. The number of hydrogen-bond donors (Lipinski definition) is 2. The van der Waals surface area contributed by atoms with Crippen LogP contribution < -0.4 is 10.6 Å². The molecule has 1 saturated carbocycles. The molecule has 0 radical (unpaired) electrons. The standard InChI is InChI=1S/C19H32N4O2.HI/c1-19(2,3)22-17(24)14-23(4)18(21-15-8-5-6-9-15)20-12-11-16-10-7-13-25-16;/h7,10,13,15H,5-6,8-9,11-12,14H2,1-4H3,(H,20,21)(H,22,24);1H. The maximum atomic E-state index is 12.2. The van der Waals surface area contributed by atoms with Gasteiger partial charge in [-0.2, -0.15) is 0 Å². The smallest absolute Gasteiger partial charge is 0.240 e. The third kappa shape index (κ3) is 8.42. The van der Waals surface area contributed by atoms with Crippen LogP contribution in [0.1, 0.15) is 52.2 Å². The summed E-state index contributed by atoms with van der Waals surface area (Å²) in [7, 11) is 1.91. The molecule has 1 heterocycles. The number of nitrogens with zero attached hydrogens (tertiary/aromatic N) is 2. The van der Waals surface area contributed by atoms with Gasteiger partial charge in [-0.1, -0.05) is 12.8 Å². The molecule has 0 bridgehead atoms. The molecule has 26 heavy (non-hydrogen) atoms. The van der Waals surface area contributed by atoms with Crippen LogP contribution in [0.4, 0.5) is 0 Å². The highest BCUT2D eigenvalue weighted by Gasteiger charge is 2.20. The zero-order valence-corrected chi connectivity index (χ0v) is 18.7. The Morgan fingerprint density at radius 2 is 2.04 bits per heavy atom. The van der Waals surface area contributed by atoms with Gasteiger partial charge in [0.2, 0.25) is 5.91 Å². The fourth-order valence-corrected chi connectivity index (χ4v) is 3.00. The monoisotopic (exact) mass is 476 g/mol. The number of hydrogen-bond acceptors (Lipinski definition) is 3. The molecule has 1 aromatic rings. The normalized spacial score (nSPS) is 15.5. The van der Waals surface area contributed by atoms with Crippen LogP contribution in [-0.4, -0.2) is 48.5 Å². The van der Waals surface area contributed by atoms with Gasteiger partial charge in [-0.3, -0.25) is 9.79 Å². The summed E-state index contributed by atoms with van der Waals surface area (Å²) in [5.41, 5.74) is -0.229. The minimum Gasteiger partial charge on any atom is -0.469 e. The second-order valence-electron chi connectivity index (χ2n) is 7.81. The molecule has 7 heteroatoms. The summed E-state index contributed by atoms with van der Waals surface area (Å²) >= 11 is 0. The Morgan fingerprint density at radius 1 is 1.35 bits per heavy atom. The highest BCUT2D eigenvalue weighted by molar-refractivity contribution is 14.0. The molecule has 0 aliphatic heterocycles. The Kier molecular flexibility index (Phi) is 9.46. The third-order valence-electron chi connectivity index (χ3n) is 4.15. The zero-order chi connectivity index (χ0) is 18.3. The molecule has 0 unspecified atom stereocenters. The van der Waals surface area contributed by atoms with E-state index in [-0.39, 0.29) is 42.0 Å². The van der Waals surface area contributed by atoms with Gasteiger partial charge in [-0.05, 0) is 45.7 Å². The van der Waals surface area contributed by atoms with Gasteiger partial charge in [-0.15, -0.1) is 24.0 Å². The first-order chi connectivity index (χ1) is 11.8. The van der Waals surface area contributed by atoms with Crippen LogP contribution >= 0.6 is 24.0 Å². The lowest BCUT2D eigenvalue weighted by molar-refractivity contribution is -0.122. The summed E-state index contributed by atoms with van der Waals surface area (Å²) in [6.45, 7) is 6.88. The van der Waals surface area contributed by atoms with Crippen LogP contribution in [0.2, 0.25) is 0 Å². The molecule has 2 N–H and O–H groups in total. The third-order valence-corrected chi connectivity index (χ3v) is 4.15. The van der Waals surface area contributed by atoms with Crippen molar-refractivity contribution in [2.24, 2.45) is 4.99 Å². The number of aliphatic imine (C=N–C) groups is 1. The lowest BCUT2D eigenvalue weighted by Crippen LogP contribution is -2.50. The topological polar surface area (TPSA) is 69.9 Å². The average Bonchev–Trinajstić information content (AvgIpc) is 3.17. The second-order valence-corrected chi connectivity index (χ2v) is 7.81. The van der Waals surface area contributed by atoms with E-state index in [1.165, 1.54) is 25.7 Å². The van der Waals surface area contributed by atoms with Crippen LogP contribution in [0, 0.1) is 0 Å². The highest BCUT2D eigenvalue weighted by Crippen LogP contribution is 2.17. The Labute approximate surface area is 174 Å². The van der Waals surface area contributed by atoms with E-state index in [2.05, 4.69) is 10.6 Å². The summed E-state index contributed by atoms with van der Waals surface area (Å²) in [6, 6.07) is 4.30. The first-order valence-corrected chi connectivity index (χ1v) is 9.19. The molecular formula is C19H33IN4O2. The molecule has 1 aliphatic rings. The lowest BCUT2D eigenvalue weighted by atomic mass is 10.1. The van der Waals surface area contributed by atoms with Crippen LogP contribution in [0.3, 0.4) is 0 Å². The minimum atomic E-state index is -0.229. The van der Waals surface area contributed by atoms with Gasteiger partial charge in [0.25, 0.3) is 0 Å². The van der Waals surface area contributed by atoms with Crippen LogP contribution in [0.5, 0.6) is 0 Å². The minimum absolute atomic E-state index is 0. The van der Waals surface area contributed by atoms with E-state index in [1.807, 2.05) is 44.9 Å². The zero-order valence-electron chi connectivity index (χ0n) is 16.4. The van der Waals surface area contributed by atoms with E-state index in [9.17, 15) is 4.79 Å². The number of rotatable bonds is 6. The van der Waals surface area contributed by atoms with Gasteiger partial charge >= 0.3 is 0 Å². The highest BCUT2D eigenvalue weighted by atomic mass is 127. The van der Waals surface area contributed by atoms with Gasteiger partial charge in [0.05, 0.1) is 12.8 Å². The molecular weight excluding hydrogens is 443 g/mol. The van der Waals surface area contributed by atoms with E-state index < -0.39 is 0 Å². The SMILES string of the molecule is CN(CC(=O)NC(C)(C)C)C(=NCCc1ccco1)NC1CCCC1.I. The molecule has 0 spiro atoms. The van der Waals surface area contributed by atoms with Crippen LogP contribution in [-0.2, 0) is 11.2 Å². The summed E-state index contributed by atoms with van der Waals surface area (Å²) in [5.74, 6) is 1.72. The van der Waals surface area contributed by atoms with Crippen molar-refractivity contribution in [3.05, 3.63) is 24.2 Å². The number of guanidine groups is 1. The molecule has 0 saturated heterocycles.